The molecular formula is C18H21ClF3N3O. The number of aromatic nitrogens is 2. The Bertz CT molecular complexity index is 777. The molecule has 0 saturated carbocycles. The molecule has 0 spiro atoms. The van der Waals surface area contributed by atoms with Crippen LogP contribution < -0.4 is 10.1 Å². The lowest BCUT2D eigenvalue weighted by molar-refractivity contribution is -0.137. The standard InChI is InChI=1S/C18H21ClF3N3O/c1-5-12(6-2)24-16-17(26-4)25-15(10(3)23-16)13-8-7-11(19)9-14(13)18(20,21)22/h7-9,12H,5-6H2,1-4H3,(H,23,24). The summed E-state index contributed by atoms with van der Waals surface area (Å²) in [5.74, 6) is 0.575. The Labute approximate surface area is 155 Å². The van der Waals surface area contributed by atoms with Crippen molar-refractivity contribution in [2.24, 2.45) is 0 Å². The van der Waals surface area contributed by atoms with E-state index in [4.69, 9.17) is 16.3 Å². The first-order chi connectivity index (χ1) is 12.2. The molecule has 0 amide bonds. The van der Waals surface area contributed by atoms with Gasteiger partial charge in [-0.25, -0.2) is 9.97 Å². The van der Waals surface area contributed by atoms with Gasteiger partial charge in [-0.15, -0.1) is 0 Å². The molecule has 1 N–H and O–H groups in total. The van der Waals surface area contributed by atoms with Gasteiger partial charge < -0.3 is 10.1 Å². The van der Waals surface area contributed by atoms with Crippen LogP contribution in [0.1, 0.15) is 37.9 Å². The molecule has 1 aromatic carbocycles. The van der Waals surface area contributed by atoms with Crippen molar-refractivity contribution in [2.75, 3.05) is 12.4 Å². The summed E-state index contributed by atoms with van der Waals surface area (Å²) in [6.07, 6.45) is -2.82. The highest BCUT2D eigenvalue weighted by Crippen LogP contribution is 2.39. The Morgan fingerprint density at radius 1 is 1.19 bits per heavy atom. The van der Waals surface area contributed by atoms with Gasteiger partial charge in [0.25, 0.3) is 5.88 Å². The second-order valence-corrected chi connectivity index (χ2v) is 6.30. The first-order valence-corrected chi connectivity index (χ1v) is 8.65. The Morgan fingerprint density at radius 2 is 1.85 bits per heavy atom. The van der Waals surface area contributed by atoms with E-state index in [-0.39, 0.29) is 28.2 Å². The van der Waals surface area contributed by atoms with Crippen LogP contribution >= 0.6 is 11.6 Å². The van der Waals surface area contributed by atoms with Crippen molar-refractivity contribution >= 4 is 17.4 Å². The molecule has 0 aliphatic heterocycles. The molecule has 4 nitrogen and oxygen atoms in total. The molecule has 0 radical (unpaired) electrons. The van der Waals surface area contributed by atoms with Crippen molar-refractivity contribution in [3.63, 3.8) is 0 Å². The van der Waals surface area contributed by atoms with Crippen LogP contribution in [0.3, 0.4) is 0 Å². The molecule has 0 unspecified atom stereocenters. The van der Waals surface area contributed by atoms with Crippen molar-refractivity contribution in [1.29, 1.82) is 0 Å². The maximum absolute atomic E-state index is 13.4. The smallest absolute Gasteiger partial charge is 0.417 e. The maximum atomic E-state index is 13.4. The molecule has 1 heterocycles. The number of alkyl halides is 3. The number of nitrogens with zero attached hydrogens (tertiary/aromatic N) is 2. The average molecular weight is 388 g/mol. The molecule has 0 aliphatic carbocycles. The van der Waals surface area contributed by atoms with E-state index in [1.807, 2.05) is 13.8 Å². The van der Waals surface area contributed by atoms with Gasteiger partial charge in [-0.05, 0) is 31.9 Å². The van der Waals surface area contributed by atoms with Crippen LogP contribution in [0, 0.1) is 6.92 Å². The number of aryl methyl sites for hydroxylation is 1. The lowest BCUT2D eigenvalue weighted by Gasteiger charge is -2.19. The average Bonchev–Trinajstić information content (AvgIpc) is 2.59. The molecular weight excluding hydrogens is 367 g/mol. The number of ether oxygens (including phenoxy) is 1. The number of benzene rings is 1. The third-order valence-electron chi connectivity index (χ3n) is 4.10. The van der Waals surface area contributed by atoms with Gasteiger partial charge in [0, 0.05) is 16.6 Å². The summed E-state index contributed by atoms with van der Waals surface area (Å²) < 4.78 is 45.5. The van der Waals surface area contributed by atoms with Crippen LogP contribution in [0.2, 0.25) is 5.02 Å². The van der Waals surface area contributed by atoms with Gasteiger partial charge >= 0.3 is 6.18 Å². The largest absolute Gasteiger partial charge is 0.478 e. The van der Waals surface area contributed by atoms with E-state index in [1.54, 1.807) is 6.92 Å². The van der Waals surface area contributed by atoms with Crippen LogP contribution in [0.25, 0.3) is 11.3 Å². The summed E-state index contributed by atoms with van der Waals surface area (Å²) in [7, 11) is 1.41. The SMILES string of the molecule is CCC(CC)Nc1nc(C)c(-c2ccc(Cl)cc2C(F)(F)F)nc1OC. The van der Waals surface area contributed by atoms with Crippen molar-refractivity contribution in [3.05, 3.63) is 34.5 Å². The Kier molecular flexibility index (Phi) is 6.34. The van der Waals surface area contributed by atoms with Gasteiger partial charge in [-0.1, -0.05) is 31.5 Å². The highest BCUT2D eigenvalue weighted by Gasteiger charge is 2.35. The number of hydrogen-bond acceptors (Lipinski definition) is 4. The number of rotatable bonds is 6. The monoisotopic (exact) mass is 387 g/mol. The van der Waals surface area contributed by atoms with Gasteiger partial charge in [-0.3, -0.25) is 0 Å². The van der Waals surface area contributed by atoms with E-state index in [0.29, 0.717) is 11.5 Å². The minimum absolute atomic E-state index is 0.00525. The van der Waals surface area contributed by atoms with Gasteiger partial charge in [0.1, 0.15) is 0 Å². The first kappa shape index (κ1) is 20.3. The Morgan fingerprint density at radius 3 is 2.38 bits per heavy atom. The minimum Gasteiger partial charge on any atom is -0.478 e. The van der Waals surface area contributed by atoms with E-state index in [9.17, 15) is 13.2 Å². The summed E-state index contributed by atoms with van der Waals surface area (Å²) in [5, 5.41) is 3.23. The third-order valence-corrected chi connectivity index (χ3v) is 4.34. The quantitative estimate of drug-likeness (QED) is 0.687. The highest BCUT2D eigenvalue weighted by molar-refractivity contribution is 6.30. The zero-order valence-electron chi connectivity index (χ0n) is 15.0. The molecule has 0 atom stereocenters. The number of nitrogens with one attached hydrogen (secondary N) is 1. The number of hydrogen-bond donors (Lipinski definition) is 1. The molecule has 142 valence electrons. The van der Waals surface area contributed by atoms with Crippen LogP contribution in [0.5, 0.6) is 5.88 Å². The minimum atomic E-state index is -4.56. The summed E-state index contributed by atoms with van der Waals surface area (Å²) in [5.41, 5.74) is -0.461. The van der Waals surface area contributed by atoms with Crippen LogP contribution in [-0.4, -0.2) is 23.1 Å². The Hall–Kier alpha value is -2.02. The van der Waals surface area contributed by atoms with E-state index < -0.39 is 11.7 Å². The fourth-order valence-corrected chi connectivity index (χ4v) is 2.81. The van der Waals surface area contributed by atoms with E-state index in [1.165, 1.54) is 19.2 Å². The highest BCUT2D eigenvalue weighted by atomic mass is 35.5. The summed E-state index contributed by atoms with van der Waals surface area (Å²) in [6, 6.07) is 3.76. The zero-order chi connectivity index (χ0) is 19.5. The fourth-order valence-electron chi connectivity index (χ4n) is 2.64. The van der Waals surface area contributed by atoms with Gasteiger partial charge in [0.15, 0.2) is 5.82 Å². The summed E-state index contributed by atoms with van der Waals surface area (Å²) >= 11 is 5.75. The molecule has 1 aromatic heterocycles. The molecule has 2 aromatic rings. The first-order valence-electron chi connectivity index (χ1n) is 8.27. The van der Waals surface area contributed by atoms with Crippen molar-refractivity contribution in [2.45, 2.75) is 45.8 Å². The molecule has 2 rings (SSSR count). The normalized spacial score (nSPS) is 11.7. The Balaban J connectivity index is 2.59. The maximum Gasteiger partial charge on any atom is 0.417 e. The lowest BCUT2D eigenvalue weighted by Crippen LogP contribution is -2.19. The second-order valence-electron chi connectivity index (χ2n) is 5.86. The van der Waals surface area contributed by atoms with Crippen molar-refractivity contribution in [3.8, 4) is 17.1 Å². The van der Waals surface area contributed by atoms with Crippen molar-refractivity contribution in [1.82, 2.24) is 9.97 Å². The summed E-state index contributed by atoms with van der Waals surface area (Å²) in [6.45, 7) is 5.69. The molecule has 0 fully saturated rings. The molecule has 0 saturated heterocycles. The second kappa shape index (κ2) is 8.12. The predicted molar refractivity (Wildman–Crippen MR) is 96.8 cm³/mol. The van der Waals surface area contributed by atoms with Crippen LogP contribution in [0.4, 0.5) is 19.0 Å². The van der Waals surface area contributed by atoms with E-state index in [0.717, 1.165) is 18.9 Å². The molecule has 8 heteroatoms. The number of methoxy groups -OCH3 is 1. The predicted octanol–water partition coefficient (Wildman–Crippen LogP) is 5.73. The van der Waals surface area contributed by atoms with Crippen LogP contribution in [-0.2, 0) is 6.18 Å². The van der Waals surface area contributed by atoms with Gasteiger partial charge in [0.2, 0.25) is 0 Å². The topological polar surface area (TPSA) is 47.0 Å². The van der Waals surface area contributed by atoms with Crippen LogP contribution in [0.15, 0.2) is 18.2 Å². The molecule has 26 heavy (non-hydrogen) atoms. The fraction of sp³-hybridized carbons (Fsp3) is 0.444. The van der Waals surface area contributed by atoms with Crippen molar-refractivity contribution < 1.29 is 17.9 Å². The van der Waals surface area contributed by atoms with E-state index >= 15 is 0 Å². The number of halogens is 4. The number of anilines is 1. The third kappa shape index (κ3) is 4.38. The van der Waals surface area contributed by atoms with Gasteiger partial charge in [0.05, 0.1) is 24.1 Å². The molecule has 0 bridgehead atoms. The zero-order valence-corrected chi connectivity index (χ0v) is 15.8. The molecule has 0 aliphatic rings. The summed E-state index contributed by atoms with van der Waals surface area (Å²) in [4.78, 5) is 8.70. The van der Waals surface area contributed by atoms with Gasteiger partial charge in [-0.2, -0.15) is 13.2 Å². The lowest BCUT2D eigenvalue weighted by atomic mass is 10.0. The van der Waals surface area contributed by atoms with E-state index in [2.05, 4.69) is 15.3 Å².